The quantitative estimate of drug-likeness (QED) is 0.838. The fourth-order valence-electron chi connectivity index (χ4n) is 2.81. The molecular formula is C15H17N3O5S. The molecule has 1 saturated heterocycles. The lowest BCUT2D eigenvalue weighted by molar-refractivity contribution is -0.142. The molecular weight excluding hydrogens is 334 g/mol. The van der Waals surface area contributed by atoms with Gasteiger partial charge in [-0.2, -0.15) is 0 Å². The summed E-state index contributed by atoms with van der Waals surface area (Å²) in [6, 6.07) is -1.10. The number of fused-ring (bicyclic) bond motifs is 1. The Labute approximate surface area is 141 Å². The standard InChI is InChI=1S/C15H17N3O5S/c1-8-7-24-15-16-5-10(13(20)18(8)15)12(19)17-11(14(21)22)9-3-2-4-23-6-9/h5,7,9,11H,2-4,6H2,1H3,(H,17,19)(H,21,22). The van der Waals surface area contributed by atoms with Gasteiger partial charge in [-0.15, -0.1) is 11.3 Å². The van der Waals surface area contributed by atoms with Crippen molar-refractivity contribution in [1.29, 1.82) is 0 Å². The minimum absolute atomic E-state index is 0.169. The van der Waals surface area contributed by atoms with Crippen molar-refractivity contribution >= 4 is 28.2 Å². The average molecular weight is 351 g/mol. The lowest BCUT2D eigenvalue weighted by Gasteiger charge is -2.27. The van der Waals surface area contributed by atoms with Crippen LogP contribution in [0.4, 0.5) is 0 Å². The summed E-state index contributed by atoms with van der Waals surface area (Å²) in [7, 11) is 0. The largest absolute Gasteiger partial charge is 0.480 e. The minimum atomic E-state index is -1.14. The fourth-order valence-corrected chi connectivity index (χ4v) is 3.64. The van der Waals surface area contributed by atoms with E-state index in [0.717, 1.165) is 6.42 Å². The Kier molecular flexibility index (Phi) is 4.63. The van der Waals surface area contributed by atoms with Crippen LogP contribution in [-0.4, -0.2) is 45.6 Å². The molecule has 1 amide bonds. The maximum Gasteiger partial charge on any atom is 0.326 e. The molecule has 8 nitrogen and oxygen atoms in total. The van der Waals surface area contributed by atoms with Crippen LogP contribution in [0.15, 0.2) is 16.4 Å². The number of carboxylic acids is 1. The van der Waals surface area contributed by atoms with Gasteiger partial charge in [-0.05, 0) is 19.8 Å². The molecule has 2 aromatic heterocycles. The number of hydrogen-bond donors (Lipinski definition) is 2. The molecule has 2 N–H and O–H groups in total. The van der Waals surface area contributed by atoms with Crippen molar-refractivity contribution in [3.8, 4) is 0 Å². The Hall–Kier alpha value is -2.26. The zero-order valence-corrected chi connectivity index (χ0v) is 13.8. The summed E-state index contributed by atoms with van der Waals surface area (Å²) in [5, 5.41) is 13.6. The predicted octanol–water partition coefficient (Wildman–Crippen LogP) is 0.674. The van der Waals surface area contributed by atoms with Crippen molar-refractivity contribution < 1.29 is 19.4 Å². The lowest BCUT2D eigenvalue weighted by Crippen LogP contribution is -2.49. The van der Waals surface area contributed by atoms with Gasteiger partial charge < -0.3 is 15.2 Å². The number of nitrogens with zero attached hydrogens (tertiary/aromatic N) is 2. The topological polar surface area (TPSA) is 110 Å². The van der Waals surface area contributed by atoms with E-state index in [9.17, 15) is 19.5 Å². The zero-order valence-electron chi connectivity index (χ0n) is 13.0. The maximum atomic E-state index is 12.5. The number of hydrogen-bond acceptors (Lipinski definition) is 6. The third-order valence-electron chi connectivity index (χ3n) is 4.08. The Morgan fingerprint density at radius 3 is 3.00 bits per heavy atom. The van der Waals surface area contributed by atoms with Gasteiger partial charge in [0.1, 0.15) is 11.6 Å². The van der Waals surface area contributed by atoms with Crippen LogP contribution in [0.5, 0.6) is 0 Å². The number of ether oxygens (including phenoxy) is 1. The van der Waals surface area contributed by atoms with Gasteiger partial charge in [0.2, 0.25) is 0 Å². The van der Waals surface area contributed by atoms with E-state index in [-0.39, 0.29) is 18.1 Å². The number of thiazole rings is 1. The number of aryl methyl sites for hydroxylation is 1. The summed E-state index contributed by atoms with van der Waals surface area (Å²) in [4.78, 5) is 41.0. The number of nitrogens with one attached hydrogen (secondary N) is 1. The van der Waals surface area contributed by atoms with Gasteiger partial charge in [0.25, 0.3) is 11.5 Å². The first kappa shape index (κ1) is 16.6. The average Bonchev–Trinajstić information content (AvgIpc) is 2.95. The molecule has 1 fully saturated rings. The van der Waals surface area contributed by atoms with Crippen molar-refractivity contribution in [1.82, 2.24) is 14.7 Å². The number of carboxylic acid groups (broad SMARTS) is 1. The molecule has 2 unspecified atom stereocenters. The highest BCUT2D eigenvalue weighted by atomic mass is 32.1. The van der Waals surface area contributed by atoms with Crippen LogP contribution in [0, 0.1) is 12.8 Å². The molecule has 1 aliphatic rings. The molecule has 2 atom stereocenters. The first-order chi connectivity index (χ1) is 11.5. The minimum Gasteiger partial charge on any atom is -0.480 e. The van der Waals surface area contributed by atoms with Crippen LogP contribution in [0.25, 0.3) is 4.96 Å². The Morgan fingerprint density at radius 2 is 2.33 bits per heavy atom. The molecule has 1 aliphatic heterocycles. The molecule has 0 aromatic carbocycles. The number of aromatic nitrogens is 2. The molecule has 2 aromatic rings. The van der Waals surface area contributed by atoms with Gasteiger partial charge in [-0.3, -0.25) is 14.0 Å². The van der Waals surface area contributed by atoms with Crippen molar-refractivity contribution in [3.63, 3.8) is 0 Å². The normalized spacial score (nSPS) is 19.1. The summed E-state index contributed by atoms with van der Waals surface area (Å²) < 4.78 is 6.64. The van der Waals surface area contributed by atoms with Gasteiger partial charge in [0, 0.05) is 29.8 Å². The summed E-state index contributed by atoms with van der Waals surface area (Å²) in [6.45, 7) is 2.61. The van der Waals surface area contributed by atoms with Crippen LogP contribution in [-0.2, 0) is 9.53 Å². The predicted molar refractivity (Wildman–Crippen MR) is 86.5 cm³/mol. The van der Waals surface area contributed by atoms with E-state index >= 15 is 0 Å². The Bertz CT molecular complexity index is 837. The van der Waals surface area contributed by atoms with Crippen LogP contribution in [0.1, 0.15) is 28.9 Å². The van der Waals surface area contributed by atoms with Crippen molar-refractivity contribution in [2.24, 2.45) is 5.92 Å². The fraction of sp³-hybridized carbons (Fsp3) is 0.467. The first-order valence-corrected chi connectivity index (χ1v) is 8.44. The summed E-state index contributed by atoms with van der Waals surface area (Å²) in [5.41, 5.74) is 0.00914. The number of amides is 1. The van der Waals surface area contributed by atoms with Gasteiger partial charge in [0.15, 0.2) is 4.96 Å². The van der Waals surface area contributed by atoms with E-state index in [1.807, 2.05) is 0 Å². The molecule has 0 bridgehead atoms. The van der Waals surface area contributed by atoms with Crippen LogP contribution < -0.4 is 10.9 Å². The molecule has 0 spiro atoms. The third kappa shape index (κ3) is 3.04. The van der Waals surface area contributed by atoms with Crippen molar-refractivity contribution in [3.05, 3.63) is 33.2 Å². The molecule has 0 saturated carbocycles. The van der Waals surface area contributed by atoms with Crippen LogP contribution >= 0.6 is 11.3 Å². The SMILES string of the molecule is Cc1csc2ncc(C(=O)NC(C(=O)O)C3CCCOC3)c(=O)n12. The molecule has 0 aliphatic carbocycles. The Morgan fingerprint density at radius 1 is 1.54 bits per heavy atom. The maximum absolute atomic E-state index is 12.5. The van der Waals surface area contributed by atoms with E-state index < -0.39 is 23.5 Å². The number of carbonyl (C=O) groups is 2. The van der Waals surface area contributed by atoms with Gasteiger partial charge in [0.05, 0.1) is 6.61 Å². The highest BCUT2D eigenvalue weighted by Crippen LogP contribution is 2.18. The monoisotopic (exact) mass is 351 g/mol. The van der Waals surface area contributed by atoms with E-state index in [0.29, 0.717) is 23.7 Å². The molecule has 9 heteroatoms. The van der Waals surface area contributed by atoms with Gasteiger partial charge in [-0.1, -0.05) is 0 Å². The summed E-state index contributed by atoms with van der Waals surface area (Å²) in [5.74, 6) is -2.19. The Balaban J connectivity index is 1.87. The summed E-state index contributed by atoms with van der Waals surface area (Å²) >= 11 is 1.30. The molecule has 128 valence electrons. The van der Waals surface area contributed by atoms with Gasteiger partial charge in [-0.25, -0.2) is 9.78 Å². The highest BCUT2D eigenvalue weighted by Gasteiger charge is 2.32. The van der Waals surface area contributed by atoms with Crippen molar-refractivity contribution in [2.75, 3.05) is 13.2 Å². The molecule has 0 radical (unpaired) electrons. The third-order valence-corrected chi connectivity index (χ3v) is 5.04. The van der Waals surface area contributed by atoms with Gasteiger partial charge >= 0.3 is 5.97 Å². The second kappa shape index (κ2) is 6.70. The molecule has 3 rings (SSSR count). The summed E-state index contributed by atoms with van der Waals surface area (Å²) in [6.07, 6.45) is 2.59. The lowest BCUT2D eigenvalue weighted by atomic mass is 9.93. The number of rotatable bonds is 4. The highest BCUT2D eigenvalue weighted by molar-refractivity contribution is 7.15. The second-order valence-electron chi connectivity index (χ2n) is 5.74. The molecule has 24 heavy (non-hydrogen) atoms. The zero-order chi connectivity index (χ0) is 17.3. The smallest absolute Gasteiger partial charge is 0.326 e. The van der Waals surface area contributed by atoms with Crippen molar-refractivity contribution in [2.45, 2.75) is 25.8 Å². The number of aliphatic carboxylic acids is 1. The van der Waals surface area contributed by atoms with Crippen LogP contribution in [0.2, 0.25) is 0 Å². The molecule has 3 heterocycles. The van der Waals surface area contributed by atoms with E-state index in [1.54, 1.807) is 12.3 Å². The van der Waals surface area contributed by atoms with E-state index in [4.69, 9.17) is 4.74 Å². The van der Waals surface area contributed by atoms with E-state index in [1.165, 1.54) is 21.9 Å². The second-order valence-corrected chi connectivity index (χ2v) is 6.58. The van der Waals surface area contributed by atoms with Crippen LogP contribution in [0.3, 0.4) is 0 Å². The first-order valence-electron chi connectivity index (χ1n) is 7.56. The number of carbonyl (C=O) groups excluding carboxylic acids is 1. The van der Waals surface area contributed by atoms with E-state index in [2.05, 4.69) is 10.3 Å².